The van der Waals surface area contributed by atoms with E-state index in [1.54, 1.807) is 12.1 Å². The zero-order valence-corrected chi connectivity index (χ0v) is 15.6. The largest absolute Gasteiger partial charge is 0.411 e. The number of nitrogens with one attached hydrogen (secondary N) is 2. The third-order valence-corrected chi connectivity index (χ3v) is 5.50. The highest BCUT2D eigenvalue weighted by Crippen LogP contribution is 2.15. The second-order valence-electron chi connectivity index (χ2n) is 5.36. The molecule has 0 saturated carbocycles. The van der Waals surface area contributed by atoms with Crippen LogP contribution in [0.25, 0.3) is 0 Å². The number of carbonyl (C=O) groups excluding carboxylic acids is 1. The molecule has 0 radical (unpaired) electrons. The van der Waals surface area contributed by atoms with Crippen LogP contribution in [0.2, 0.25) is 0 Å². The van der Waals surface area contributed by atoms with Crippen LogP contribution in [0, 0.1) is 0 Å². The van der Waals surface area contributed by atoms with Crippen molar-refractivity contribution in [2.45, 2.75) is 17.6 Å². The van der Waals surface area contributed by atoms with Gasteiger partial charge in [0.15, 0.2) is 0 Å². The van der Waals surface area contributed by atoms with E-state index in [9.17, 15) is 26.4 Å². The van der Waals surface area contributed by atoms with Crippen molar-refractivity contribution in [1.82, 2.24) is 10.0 Å². The summed E-state index contributed by atoms with van der Waals surface area (Å²) in [6, 6.07) is 8.96. The third-order valence-electron chi connectivity index (χ3n) is 3.22. The number of ether oxygens (including phenoxy) is 1. The fourth-order valence-corrected chi connectivity index (χ4v) is 3.78. The second-order valence-corrected chi connectivity index (χ2v) is 8.15. The summed E-state index contributed by atoms with van der Waals surface area (Å²) in [5, 5.41) is 4.20. The molecule has 1 heterocycles. The minimum atomic E-state index is -4.43. The Labute approximate surface area is 158 Å². The minimum absolute atomic E-state index is 0.0739. The number of hydrogen-bond donors (Lipinski definition) is 2. The average molecular weight is 422 g/mol. The molecule has 0 fully saturated rings. The highest BCUT2D eigenvalue weighted by Gasteiger charge is 2.27. The van der Waals surface area contributed by atoms with E-state index < -0.39 is 28.7 Å². The van der Waals surface area contributed by atoms with Crippen LogP contribution in [0.1, 0.15) is 15.2 Å². The van der Waals surface area contributed by atoms with Crippen molar-refractivity contribution < 1.29 is 31.1 Å². The number of alkyl halides is 3. The lowest BCUT2D eigenvalue weighted by molar-refractivity contribution is -0.173. The van der Waals surface area contributed by atoms with Gasteiger partial charge >= 0.3 is 6.18 Å². The van der Waals surface area contributed by atoms with E-state index >= 15 is 0 Å². The van der Waals surface area contributed by atoms with Crippen LogP contribution in [0.3, 0.4) is 0 Å². The van der Waals surface area contributed by atoms with Crippen molar-refractivity contribution >= 4 is 27.3 Å². The molecule has 148 valence electrons. The molecule has 1 aromatic carbocycles. The zero-order valence-electron chi connectivity index (χ0n) is 14.0. The molecule has 2 N–H and O–H groups in total. The molecule has 0 unspecified atom stereocenters. The van der Waals surface area contributed by atoms with Crippen LogP contribution in [-0.2, 0) is 21.3 Å². The highest BCUT2D eigenvalue weighted by atomic mass is 32.2. The molecular weight excluding hydrogens is 405 g/mol. The molecular formula is C16H17F3N2O4S2. The van der Waals surface area contributed by atoms with Gasteiger partial charge in [0.1, 0.15) is 6.61 Å². The molecule has 2 rings (SSSR count). The SMILES string of the molecule is O=C(NCCOCC(F)(F)F)c1cccc(S(=O)(=O)NCc2cccs2)c1. The molecule has 0 bridgehead atoms. The first-order valence-electron chi connectivity index (χ1n) is 7.72. The maximum Gasteiger partial charge on any atom is 0.411 e. The Morgan fingerprint density at radius 1 is 1.19 bits per heavy atom. The third kappa shape index (κ3) is 7.29. The van der Waals surface area contributed by atoms with Gasteiger partial charge in [-0.05, 0) is 29.6 Å². The second kappa shape index (κ2) is 9.31. The fraction of sp³-hybridized carbons (Fsp3) is 0.312. The molecule has 11 heteroatoms. The number of sulfonamides is 1. The number of amides is 1. The number of carbonyl (C=O) groups is 1. The van der Waals surface area contributed by atoms with Crippen LogP contribution in [0.5, 0.6) is 0 Å². The molecule has 0 atom stereocenters. The van der Waals surface area contributed by atoms with Crippen LogP contribution >= 0.6 is 11.3 Å². The fourth-order valence-electron chi connectivity index (χ4n) is 1.99. The topological polar surface area (TPSA) is 84.5 Å². The summed E-state index contributed by atoms with van der Waals surface area (Å²) in [6.07, 6.45) is -4.43. The van der Waals surface area contributed by atoms with Gasteiger partial charge < -0.3 is 10.1 Å². The van der Waals surface area contributed by atoms with E-state index in [2.05, 4.69) is 14.8 Å². The Kier molecular flexibility index (Phi) is 7.36. The molecule has 0 aliphatic heterocycles. The van der Waals surface area contributed by atoms with E-state index in [0.717, 1.165) is 4.88 Å². The summed E-state index contributed by atoms with van der Waals surface area (Å²) in [5.74, 6) is -0.610. The van der Waals surface area contributed by atoms with Gasteiger partial charge in [0.25, 0.3) is 5.91 Å². The standard InChI is InChI=1S/C16H17F3N2O4S2/c17-16(18,19)11-25-7-6-20-15(22)12-3-1-5-14(9-12)27(23,24)21-10-13-4-2-8-26-13/h1-5,8-9,21H,6-7,10-11H2,(H,20,22). The van der Waals surface area contributed by atoms with Crippen molar-refractivity contribution in [3.63, 3.8) is 0 Å². The number of rotatable bonds is 9. The van der Waals surface area contributed by atoms with Gasteiger partial charge in [-0.25, -0.2) is 13.1 Å². The smallest absolute Gasteiger partial charge is 0.370 e. The van der Waals surface area contributed by atoms with Gasteiger partial charge in [0, 0.05) is 23.5 Å². The van der Waals surface area contributed by atoms with E-state index in [0.29, 0.717) is 0 Å². The number of benzene rings is 1. The van der Waals surface area contributed by atoms with Gasteiger partial charge in [-0.2, -0.15) is 13.2 Å². The van der Waals surface area contributed by atoms with Gasteiger partial charge in [0.2, 0.25) is 10.0 Å². The van der Waals surface area contributed by atoms with Crippen molar-refractivity contribution in [2.75, 3.05) is 19.8 Å². The van der Waals surface area contributed by atoms with Crippen molar-refractivity contribution in [3.05, 3.63) is 52.2 Å². The first kappa shape index (κ1) is 21.4. The Balaban J connectivity index is 1.90. The lowest BCUT2D eigenvalue weighted by Gasteiger charge is -2.10. The first-order valence-corrected chi connectivity index (χ1v) is 10.1. The Morgan fingerprint density at radius 3 is 2.63 bits per heavy atom. The van der Waals surface area contributed by atoms with Crippen LogP contribution in [0.15, 0.2) is 46.7 Å². The summed E-state index contributed by atoms with van der Waals surface area (Å²) < 4.78 is 67.3. The van der Waals surface area contributed by atoms with Crippen molar-refractivity contribution in [3.8, 4) is 0 Å². The summed E-state index contributed by atoms with van der Waals surface area (Å²) in [7, 11) is -3.81. The lowest BCUT2D eigenvalue weighted by Crippen LogP contribution is -2.29. The molecule has 2 aromatic rings. The lowest BCUT2D eigenvalue weighted by atomic mass is 10.2. The number of hydrogen-bond acceptors (Lipinski definition) is 5. The van der Waals surface area contributed by atoms with E-state index in [1.165, 1.54) is 35.6 Å². The molecule has 1 aromatic heterocycles. The molecule has 0 aliphatic rings. The van der Waals surface area contributed by atoms with Crippen LogP contribution < -0.4 is 10.0 Å². The predicted molar refractivity (Wildman–Crippen MR) is 94.0 cm³/mol. The highest BCUT2D eigenvalue weighted by molar-refractivity contribution is 7.89. The van der Waals surface area contributed by atoms with Crippen LogP contribution in [-0.4, -0.2) is 40.3 Å². The normalized spacial score (nSPS) is 12.1. The van der Waals surface area contributed by atoms with Crippen LogP contribution in [0.4, 0.5) is 13.2 Å². The number of halogens is 3. The summed E-state index contributed by atoms with van der Waals surface area (Å²) in [6.45, 7) is -1.71. The van der Waals surface area contributed by atoms with E-state index in [1.807, 2.05) is 5.38 Å². The van der Waals surface area contributed by atoms with E-state index in [4.69, 9.17) is 0 Å². The van der Waals surface area contributed by atoms with Crippen molar-refractivity contribution in [1.29, 1.82) is 0 Å². The summed E-state index contributed by atoms with van der Waals surface area (Å²) >= 11 is 1.41. The molecule has 27 heavy (non-hydrogen) atoms. The van der Waals surface area contributed by atoms with Gasteiger partial charge in [-0.3, -0.25) is 4.79 Å². The molecule has 1 amide bonds. The Bertz CT molecular complexity index is 853. The zero-order chi connectivity index (χ0) is 19.9. The Hall–Kier alpha value is -1.95. The van der Waals surface area contributed by atoms with E-state index in [-0.39, 0.29) is 30.2 Å². The van der Waals surface area contributed by atoms with Crippen molar-refractivity contribution in [2.24, 2.45) is 0 Å². The van der Waals surface area contributed by atoms with Gasteiger partial charge in [0.05, 0.1) is 11.5 Å². The van der Waals surface area contributed by atoms with Gasteiger partial charge in [-0.15, -0.1) is 11.3 Å². The first-order chi connectivity index (χ1) is 12.7. The average Bonchev–Trinajstić information content (AvgIpc) is 3.12. The Morgan fingerprint density at radius 2 is 1.96 bits per heavy atom. The summed E-state index contributed by atoms with van der Waals surface area (Å²) in [4.78, 5) is 12.8. The predicted octanol–water partition coefficient (Wildman–Crippen LogP) is 2.54. The quantitative estimate of drug-likeness (QED) is 0.609. The monoisotopic (exact) mass is 422 g/mol. The molecule has 6 nitrogen and oxygen atoms in total. The minimum Gasteiger partial charge on any atom is -0.370 e. The van der Waals surface area contributed by atoms with Gasteiger partial charge in [-0.1, -0.05) is 12.1 Å². The molecule has 0 aliphatic carbocycles. The number of thiophene rings is 1. The molecule has 0 saturated heterocycles. The molecule has 0 spiro atoms. The maximum atomic E-state index is 12.3. The summed E-state index contributed by atoms with van der Waals surface area (Å²) in [5.41, 5.74) is 0.0739. The maximum absolute atomic E-state index is 12.3.